The summed E-state index contributed by atoms with van der Waals surface area (Å²) < 4.78 is 0. The summed E-state index contributed by atoms with van der Waals surface area (Å²) in [5.74, 6) is 0.871. The molecule has 2 nitrogen and oxygen atoms in total. The zero-order chi connectivity index (χ0) is 14.4. The lowest BCUT2D eigenvalue weighted by atomic mass is 10.1. The molecule has 0 radical (unpaired) electrons. The molecule has 0 amide bonds. The van der Waals surface area contributed by atoms with Gasteiger partial charge in [0.2, 0.25) is 0 Å². The average molecular weight is 307 g/mol. The fraction of sp³-hybridized carbons (Fsp3) is 0.188. The van der Waals surface area contributed by atoms with Gasteiger partial charge < -0.3 is 5.32 Å². The lowest BCUT2D eigenvalue weighted by Crippen LogP contribution is -2.26. The highest BCUT2D eigenvalue weighted by Gasteiger charge is 2.02. The summed E-state index contributed by atoms with van der Waals surface area (Å²) in [7, 11) is 1.78. The molecule has 0 aliphatic rings. The van der Waals surface area contributed by atoms with Crippen LogP contribution < -0.4 is 5.32 Å². The molecule has 0 unspecified atom stereocenters. The molecule has 0 saturated carbocycles. The van der Waals surface area contributed by atoms with Crippen molar-refractivity contribution in [2.24, 2.45) is 4.99 Å². The third-order valence-electron chi connectivity index (χ3n) is 2.96. The van der Waals surface area contributed by atoms with Gasteiger partial charge in [-0.2, -0.15) is 0 Å². The largest absolute Gasteiger partial charge is 0.370 e. The molecule has 0 aliphatic heterocycles. The van der Waals surface area contributed by atoms with Gasteiger partial charge in [-0.15, -0.1) is 0 Å². The minimum atomic E-state index is 0.727. The molecule has 4 heteroatoms. The number of benzene rings is 2. The number of rotatable bonds is 4. The van der Waals surface area contributed by atoms with Crippen LogP contribution in [0.3, 0.4) is 0 Å². The van der Waals surface area contributed by atoms with Crippen molar-refractivity contribution in [2.45, 2.75) is 6.42 Å². The number of hydrogen-bond acceptors (Lipinski definition) is 1. The summed E-state index contributed by atoms with van der Waals surface area (Å²) in [4.78, 5) is 4.27. The van der Waals surface area contributed by atoms with Crippen molar-refractivity contribution < 1.29 is 0 Å². The van der Waals surface area contributed by atoms with E-state index in [1.54, 1.807) is 7.05 Å². The zero-order valence-corrected chi connectivity index (χ0v) is 12.7. The van der Waals surface area contributed by atoms with E-state index < -0.39 is 0 Å². The molecule has 0 atom stereocenters. The van der Waals surface area contributed by atoms with Gasteiger partial charge in [-0.25, -0.2) is 0 Å². The first-order valence-corrected chi connectivity index (χ1v) is 7.15. The zero-order valence-electron chi connectivity index (χ0n) is 11.2. The molecule has 2 rings (SSSR count). The number of nitrogens with zero attached hydrogens (tertiary/aromatic N) is 1. The monoisotopic (exact) mass is 306 g/mol. The Balaban J connectivity index is 1.91. The minimum absolute atomic E-state index is 0.727. The predicted molar refractivity (Wildman–Crippen MR) is 87.1 cm³/mol. The summed E-state index contributed by atoms with van der Waals surface area (Å²) in [6, 6.07) is 15.5. The molecule has 0 saturated heterocycles. The van der Waals surface area contributed by atoms with Crippen LogP contribution in [0.25, 0.3) is 0 Å². The molecule has 0 aliphatic carbocycles. The standard InChI is InChI=1S/C16H16Cl2N2/c1-19-16(13-4-8-15(18)9-5-13)20-11-10-12-2-6-14(17)7-3-12/h2-9H,10-11H2,1H3,(H,19,20). The first-order chi connectivity index (χ1) is 9.69. The Morgan fingerprint density at radius 3 is 2.05 bits per heavy atom. The van der Waals surface area contributed by atoms with E-state index in [1.807, 2.05) is 48.5 Å². The highest BCUT2D eigenvalue weighted by Crippen LogP contribution is 2.11. The van der Waals surface area contributed by atoms with Gasteiger partial charge in [-0.1, -0.05) is 35.3 Å². The lowest BCUT2D eigenvalue weighted by molar-refractivity contribution is 0.864. The summed E-state index contributed by atoms with van der Waals surface area (Å²) in [6.07, 6.45) is 0.920. The number of amidine groups is 1. The van der Waals surface area contributed by atoms with E-state index >= 15 is 0 Å². The molecular formula is C16H16Cl2N2. The van der Waals surface area contributed by atoms with E-state index in [1.165, 1.54) is 5.56 Å². The fourth-order valence-electron chi connectivity index (χ4n) is 1.89. The van der Waals surface area contributed by atoms with Crippen LogP contribution in [0.15, 0.2) is 53.5 Å². The second-order valence-corrected chi connectivity index (χ2v) is 5.26. The molecule has 104 valence electrons. The van der Waals surface area contributed by atoms with E-state index in [0.29, 0.717) is 0 Å². The molecular weight excluding hydrogens is 291 g/mol. The molecule has 0 heterocycles. The van der Waals surface area contributed by atoms with Crippen LogP contribution in [-0.4, -0.2) is 19.4 Å². The van der Waals surface area contributed by atoms with Gasteiger partial charge in [-0.3, -0.25) is 4.99 Å². The van der Waals surface area contributed by atoms with Crippen LogP contribution in [0, 0.1) is 0 Å². The number of aliphatic imine (C=N–C) groups is 1. The van der Waals surface area contributed by atoms with Gasteiger partial charge in [0.25, 0.3) is 0 Å². The van der Waals surface area contributed by atoms with Gasteiger partial charge >= 0.3 is 0 Å². The summed E-state index contributed by atoms with van der Waals surface area (Å²) in [5.41, 5.74) is 2.28. The number of nitrogens with one attached hydrogen (secondary N) is 1. The van der Waals surface area contributed by atoms with Crippen molar-refractivity contribution in [3.05, 3.63) is 69.7 Å². The topological polar surface area (TPSA) is 24.4 Å². The Morgan fingerprint density at radius 2 is 1.50 bits per heavy atom. The van der Waals surface area contributed by atoms with Crippen molar-refractivity contribution in [3.8, 4) is 0 Å². The van der Waals surface area contributed by atoms with E-state index in [2.05, 4.69) is 10.3 Å². The molecule has 1 N–H and O–H groups in total. The van der Waals surface area contributed by atoms with Crippen LogP contribution in [0.1, 0.15) is 11.1 Å². The van der Waals surface area contributed by atoms with Gasteiger partial charge in [0.05, 0.1) is 0 Å². The minimum Gasteiger partial charge on any atom is -0.370 e. The average Bonchev–Trinajstić information content (AvgIpc) is 2.47. The molecule has 20 heavy (non-hydrogen) atoms. The van der Waals surface area contributed by atoms with Crippen LogP contribution in [0.2, 0.25) is 10.0 Å². The van der Waals surface area contributed by atoms with E-state index in [9.17, 15) is 0 Å². The molecule has 0 bridgehead atoms. The maximum atomic E-state index is 5.89. The Morgan fingerprint density at radius 1 is 0.950 bits per heavy atom. The van der Waals surface area contributed by atoms with Crippen molar-refractivity contribution >= 4 is 29.0 Å². The van der Waals surface area contributed by atoms with Crippen LogP contribution in [0.4, 0.5) is 0 Å². The molecule has 0 fully saturated rings. The van der Waals surface area contributed by atoms with E-state index in [0.717, 1.165) is 34.4 Å². The smallest absolute Gasteiger partial charge is 0.127 e. The van der Waals surface area contributed by atoms with E-state index in [4.69, 9.17) is 23.2 Å². The second kappa shape index (κ2) is 7.32. The Kier molecular flexibility index (Phi) is 5.45. The van der Waals surface area contributed by atoms with Crippen molar-refractivity contribution in [3.63, 3.8) is 0 Å². The number of hydrogen-bond donors (Lipinski definition) is 1. The first kappa shape index (κ1) is 14.9. The second-order valence-electron chi connectivity index (χ2n) is 4.38. The highest BCUT2D eigenvalue weighted by atomic mass is 35.5. The highest BCUT2D eigenvalue weighted by molar-refractivity contribution is 6.30. The lowest BCUT2D eigenvalue weighted by Gasteiger charge is -2.10. The quantitative estimate of drug-likeness (QED) is 0.664. The first-order valence-electron chi connectivity index (χ1n) is 6.40. The maximum absolute atomic E-state index is 5.89. The molecule has 2 aromatic carbocycles. The molecule has 2 aromatic rings. The third kappa shape index (κ3) is 4.26. The van der Waals surface area contributed by atoms with Crippen molar-refractivity contribution in [2.75, 3.05) is 13.6 Å². The van der Waals surface area contributed by atoms with Crippen LogP contribution >= 0.6 is 23.2 Å². The van der Waals surface area contributed by atoms with E-state index in [-0.39, 0.29) is 0 Å². The fourth-order valence-corrected chi connectivity index (χ4v) is 2.15. The van der Waals surface area contributed by atoms with Gasteiger partial charge in [0, 0.05) is 29.2 Å². The number of halogens is 2. The van der Waals surface area contributed by atoms with Crippen molar-refractivity contribution in [1.29, 1.82) is 0 Å². The summed E-state index contributed by atoms with van der Waals surface area (Å²) in [5, 5.41) is 4.83. The van der Waals surface area contributed by atoms with Gasteiger partial charge in [0.1, 0.15) is 5.84 Å². The summed E-state index contributed by atoms with van der Waals surface area (Å²) >= 11 is 11.8. The SMILES string of the molecule is CN=C(NCCc1ccc(Cl)cc1)c1ccc(Cl)cc1. The Hall–Kier alpha value is -1.51. The van der Waals surface area contributed by atoms with Crippen LogP contribution in [-0.2, 0) is 6.42 Å². The van der Waals surface area contributed by atoms with Crippen molar-refractivity contribution in [1.82, 2.24) is 5.32 Å². The van der Waals surface area contributed by atoms with Gasteiger partial charge in [0.15, 0.2) is 0 Å². The normalized spacial score (nSPS) is 11.4. The molecule has 0 aromatic heterocycles. The Bertz CT molecular complexity index is 574. The summed E-state index contributed by atoms with van der Waals surface area (Å²) in [6.45, 7) is 0.816. The predicted octanol–water partition coefficient (Wildman–Crippen LogP) is 4.20. The maximum Gasteiger partial charge on any atom is 0.127 e. The third-order valence-corrected chi connectivity index (χ3v) is 3.46. The van der Waals surface area contributed by atoms with Gasteiger partial charge in [-0.05, 0) is 48.4 Å². The molecule has 0 spiro atoms. The Labute approximate surface area is 129 Å². The van der Waals surface area contributed by atoms with Crippen LogP contribution in [0.5, 0.6) is 0 Å².